The molecule has 2 aromatic rings. The Labute approximate surface area is 137 Å². The van der Waals surface area contributed by atoms with Crippen LogP contribution in [-0.4, -0.2) is 24.9 Å². The van der Waals surface area contributed by atoms with Crippen molar-refractivity contribution in [3.63, 3.8) is 0 Å². The number of hydrogen-bond donors (Lipinski definition) is 0. The summed E-state index contributed by atoms with van der Waals surface area (Å²) in [5, 5.41) is 11.2. The quantitative estimate of drug-likeness (QED) is 0.349. The minimum atomic E-state index is -0.579. The minimum Gasteiger partial charge on any atom is -0.493 e. The van der Waals surface area contributed by atoms with Gasteiger partial charge in [0.15, 0.2) is 17.3 Å². The maximum atomic E-state index is 12.9. The number of halogens is 1. The number of carbonyl (C=O) groups excluding carboxylic acids is 1. The van der Waals surface area contributed by atoms with Crippen LogP contribution in [0.1, 0.15) is 15.9 Å². The van der Waals surface area contributed by atoms with Crippen molar-refractivity contribution in [3.8, 4) is 11.5 Å². The van der Waals surface area contributed by atoms with Crippen LogP contribution in [0.15, 0.2) is 42.5 Å². The third-order valence-electron chi connectivity index (χ3n) is 3.27. The SMILES string of the molecule is COc1cc(/C=C/C(=O)c2ccc(F)cc2)c([N+](=O)[O-])cc1OC. The van der Waals surface area contributed by atoms with E-state index in [2.05, 4.69) is 0 Å². The van der Waals surface area contributed by atoms with Crippen LogP contribution < -0.4 is 9.47 Å². The van der Waals surface area contributed by atoms with Crippen LogP contribution in [0, 0.1) is 15.9 Å². The van der Waals surface area contributed by atoms with Gasteiger partial charge in [-0.1, -0.05) is 0 Å². The molecule has 6 nitrogen and oxygen atoms in total. The maximum absolute atomic E-state index is 12.9. The number of benzene rings is 2. The molecule has 0 atom stereocenters. The number of carbonyl (C=O) groups is 1. The molecule has 0 spiro atoms. The molecule has 0 bridgehead atoms. The number of nitro benzene ring substituents is 1. The van der Waals surface area contributed by atoms with Crippen molar-refractivity contribution >= 4 is 17.5 Å². The molecule has 0 fully saturated rings. The lowest BCUT2D eigenvalue weighted by Gasteiger charge is -2.08. The summed E-state index contributed by atoms with van der Waals surface area (Å²) in [4.78, 5) is 22.7. The number of rotatable bonds is 6. The van der Waals surface area contributed by atoms with Gasteiger partial charge in [0.1, 0.15) is 5.82 Å². The van der Waals surface area contributed by atoms with E-state index in [0.717, 1.165) is 0 Å². The molecule has 0 heterocycles. The molecular formula is C17H14FNO5. The van der Waals surface area contributed by atoms with Crippen LogP contribution in [0.4, 0.5) is 10.1 Å². The first-order chi connectivity index (χ1) is 11.5. The highest BCUT2D eigenvalue weighted by atomic mass is 19.1. The van der Waals surface area contributed by atoms with Gasteiger partial charge in [0, 0.05) is 5.56 Å². The van der Waals surface area contributed by atoms with Crippen LogP contribution in [0.25, 0.3) is 6.08 Å². The third-order valence-corrected chi connectivity index (χ3v) is 3.27. The Kier molecular flexibility index (Phi) is 5.26. The molecule has 0 unspecified atom stereocenters. The van der Waals surface area contributed by atoms with Gasteiger partial charge in [-0.05, 0) is 42.5 Å². The fourth-order valence-electron chi connectivity index (χ4n) is 2.05. The fraction of sp³-hybridized carbons (Fsp3) is 0.118. The normalized spacial score (nSPS) is 10.6. The number of allylic oxidation sites excluding steroid dienone is 1. The molecule has 24 heavy (non-hydrogen) atoms. The number of nitrogens with zero attached hydrogens (tertiary/aromatic N) is 1. The van der Waals surface area contributed by atoms with Gasteiger partial charge >= 0.3 is 0 Å². The second-order valence-electron chi connectivity index (χ2n) is 4.73. The predicted octanol–water partition coefficient (Wildman–Crippen LogP) is 3.65. The number of nitro groups is 1. The number of ketones is 1. The summed E-state index contributed by atoms with van der Waals surface area (Å²) in [6.45, 7) is 0. The Hall–Kier alpha value is -3.22. The Morgan fingerprint density at radius 2 is 1.71 bits per heavy atom. The van der Waals surface area contributed by atoms with E-state index in [0.29, 0.717) is 5.75 Å². The van der Waals surface area contributed by atoms with Gasteiger partial charge in [-0.15, -0.1) is 0 Å². The first kappa shape index (κ1) is 17.1. The molecular weight excluding hydrogens is 317 g/mol. The molecule has 0 aromatic heterocycles. The zero-order chi connectivity index (χ0) is 17.7. The van der Waals surface area contributed by atoms with Crippen molar-refractivity contribution < 1.29 is 23.6 Å². The number of hydrogen-bond acceptors (Lipinski definition) is 5. The minimum absolute atomic E-state index is 0.188. The van der Waals surface area contributed by atoms with E-state index in [4.69, 9.17) is 9.47 Å². The zero-order valence-electron chi connectivity index (χ0n) is 13.0. The van der Waals surface area contributed by atoms with Gasteiger partial charge in [-0.3, -0.25) is 14.9 Å². The van der Waals surface area contributed by atoms with Crippen LogP contribution in [0.3, 0.4) is 0 Å². The van der Waals surface area contributed by atoms with E-state index in [-0.39, 0.29) is 22.6 Å². The Balaban J connectivity index is 2.38. The van der Waals surface area contributed by atoms with Gasteiger partial charge in [-0.2, -0.15) is 0 Å². The molecule has 0 amide bonds. The van der Waals surface area contributed by atoms with E-state index in [9.17, 15) is 19.3 Å². The van der Waals surface area contributed by atoms with E-state index in [1.54, 1.807) is 0 Å². The smallest absolute Gasteiger partial charge is 0.280 e. The summed E-state index contributed by atoms with van der Waals surface area (Å²) in [7, 11) is 2.77. The Morgan fingerprint density at radius 1 is 1.12 bits per heavy atom. The van der Waals surface area contributed by atoms with E-state index >= 15 is 0 Å². The second kappa shape index (κ2) is 7.36. The van der Waals surface area contributed by atoms with Crippen molar-refractivity contribution in [2.24, 2.45) is 0 Å². The Morgan fingerprint density at radius 3 is 2.25 bits per heavy atom. The maximum Gasteiger partial charge on any atom is 0.280 e. The average Bonchev–Trinajstić information content (AvgIpc) is 2.59. The van der Waals surface area contributed by atoms with Gasteiger partial charge in [-0.25, -0.2) is 4.39 Å². The summed E-state index contributed by atoms with van der Waals surface area (Å²) in [5.41, 5.74) is 0.236. The van der Waals surface area contributed by atoms with Crippen molar-refractivity contribution in [1.82, 2.24) is 0 Å². The van der Waals surface area contributed by atoms with E-state index in [1.165, 1.54) is 62.8 Å². The number of ether oxygens (including phenoxy) is 2. The second-order valence-corrected chi connectivity index (χ2v) is 4.73. The van der Waals surface area contributed by atoms with Crippen LogP contribution in [0.5, 0.6) is 11.5 Å². The lowest BCUT2D eigenvalue weighted by Crippen LogP contribution is -1.98. The van der Waals surface area contributed by atoms with Gasteiger partial charge in [0.05, 0.1) is 30.8 Å². The molecule has 0 saturated carbocycles. The monoisotopic (exact) mass is 331 g/mol. The van der Waals surface area contributed by atoms with Crippen LogP contribution >= 0.6 is 0 Å². The van der Waals surface area contributed by atoms with Crippen molar-refractivity contribution in [1.29, 1.82) is 0 Å². The molecule has 0 aliphatic rings. The lowest BCUT2D eigenvalue weighted by molar-refractivity contribution is -0.385. The third kappa shape index (κ3) is 3.75. The summed E-state index contributed by atoms with van der Waals surface area (Å²) in [5.74, 6) is -0.340. The highest BCUT2D eigenvalue weighted by molar-refractivity contribution is 6.07. The molecule has 2 aromatic carbocycles. The van der Waals surface area contributed by atoms with Crippen molar-refractivity contribution in [2.45, 2.75) is 0 Å². The largest absolute Gasteiger partial charge is 0.493 e. The summed E-state index contributed by atoms with van der Waals surface area (Å²) >= 11 is 0. The summed E-state index contributed by atoms with van der Waals surface area (Å²) < 4.78 is 23.0. The lowest BCUT2D eigenvalue weighted by atomic mass is 10.1. The average molecular weight is 331 g/mol. The van der Waals surface area contributed by atoms with Gasteiger partial charge in [0.25, 0.3) is 5.69 Å². The van der Waals surface area contributed by atoms with Crippen LogP contribution in [-0.2, 0) is 0 Å². The molecule has 0 aliphatic heterocycles. The molecule has 2 rings (SSSR count). The van der Waals surface area contributed by atoms with Gasteiger partial charge in [0.2, 0.25) is 0 Å². The van der Waals surface area contributed by atoms with Crippen molar-refractivity contribution in [3.05, 3.63) is 69.5 Å². The molecule has 0 aliphatic carbocycles. The van der Waals surface area contributed by atoms with Gasteiger partial charge < -0.3 is 9.47 Å². The van der Waals surface area contributed by atoms with E-state index < -0.39 is 16.5 Å². The highest BCUT2D eigenvalue weighted by Gasteiger charge is 2.18. The summed E-state index contributed by atoms with van der Waals surface area (Å²) in [6.07, 6.45) is 2.49. The topological polar surface area (TPSA) is 78.7 Å². The fourth-order valence-corrected chi connectivity index (χ4v) is 2.05. The standard InChI is InChI=1S/C17H14FNO5/c1-23-16-9-12(14(19(21)22)10-17(16)24-2)5-8-15(20)11-3-6-13(18)7-4-11/h3-10H,1-2H3/b8-5+. The number of methoxy groups -OCH3 is 2. The predicted molar refractivity (Wildman–Crippen MR) is 86.0 cm³/mol. The summed E-state index contributed by atoms with van der Waals surface area (Å²) in [6, 6.07) is 7.64. The molecule has 7 heteroatoms. The molecule has 124 valence electrons. The Bertz CT molecular complexity index is 799. The molecule has 0 N–H and O–H groups in total. The van der Waals surface area contributed by atoms with Crippen molar-refractivity contribution in [2.75, 3.05) is 14.2 Å². The van der Waals surface area contributed by atoms with E-state index in [1.807, 2.05) is 0 Å². The molecule has 0 saturated heterocycles. The highest BCUT2D eigenvalue weighted by Crippen LogP contribution is 2.35. The first-order valence-corrected chi connectivity index (χ1v) is 6.84. The molecule has 0 radical (unpaired) electrons. The van der Waals surface area contributed by atoms with Crippen LogP contribution in [0.2, 0.25) is 0 Å². The first-order valence-electron chi connectivity index (χ1n) is 6.84. The zero-order valence-corrected chi connectivity index (χ0v) is 13.0.